The Morgan fingerprint density at radius 3 is 2.40 bits per heavy atom. The molecule has 0 amide bonds. The zero-order chi connectivity index (χ0) is 11.7. The second-order valence-corrected chi connectivity index (χ2v) is 5.07. The minimum Gasteiger partial charge on any atom is -0.394 e. The van der Waals surface area contributed by atoms with Gasteiger partial charge in [-0.2, -0.15) is 11.8 Å². The topological polar surface area (TPSA) is 52.5 Å². The Hall–Kier alpha value is 0.230. The summed E-state index contributed by atoms with van der Waals surface area (Å²) in [5, 5.41) is 21.9. The maximum Gasteiger partial charge on any atom is 0.0861 e. The van der Waals surface area contributed by atoms with E-state index in [0.717, 1.165) is 12.8 Å². The molecule has 0 aliphatic carbocycles. The summed E-state index contributed by atoms with van der Waals surface area (Å²) in [6, 6.07) is 0.510. The van der Waals surface area contributed by atoms with Crippen LogP contribution in [0.5, 0.6) is 0 Å². The average molecular weight is 235 g/mol. The predicted molar refractivity (Wildman–Crippen MR) is 67.4 cm³/mol. The first-order chi connectivity index (χ1) is 7.19. The van der Waals surface area contributed by atoms with E-state index in [-0.39, 0.29) is 6.61 Å². The molecule has 3 atom stereocenters. The number of nitrogens with one attached hydrogen (secondary N) is 1. The Kier molecular flexibility index (Phi) is 9.60. The van der Waals surface area contributed by atoms with Crippen LogP contribution >= 0.6 is 11.8 Å². The number of rotatable bonds is 9. The molecule has 0 aliphatic rings. The molecule has 0 spiro atoms. The molecule has 92 valence electrons. The van der Waals surface area contributed by atoms with Crippen LogP contribution in [-0.4, -0.2) is 47.0 Å². The highest BCUT2D eigenvalue weighted by Crippen LogP contribution is 2.21. The first-order valence-corrected chi connectivity index (χ1v) is 6.82. The molecule has 3 unspecified atom stereocenters. The average Bonchev–Trinajstić information content (AvgIpc) is 2.27. The van der Waals surface area contributed by atoms with Crippen molar-refractivity contribution in [2.75, 3.05) is 19.4 Å². The van der Waals surface area contributed by atoms with Crippen molar-refractivity contribution in [1.29, 1.82) is 0 Å². The van der Waals surface area contributed by atoms with E-state index in [2.05, 4.69) is 19.2 Å². The van der Waals surface area contributed by atoms with Gasteiger partial charge in [0.05, 0.1) is 12.7 Å². The van der Waals surface area contributed by atoms with E-state index in [0.29, 0.717) is 17.0 Å². The van der Waals surface area contributed by atoms with E-state index in [1.165, 1.54) is 6.42 Å². The Morgan fingerprint density at radius 1 is 1.33 bits per heavy atom. The Labute approximate surface area is 97.7 Å². The van der Waals surface area contributed by atoms with Crippen molar-refractivity contribution in [2.24, 2.45) is 0 Å². The standard InChI is InChI=1S/C11H25NO2S/c1-4-6-10(12-3)11(5-2)15-8-9(14)7-13/h9-14H,4-8H2,1-3H3. The summed E-state index contributed by atoms with van der Waals surface area (Å²) < 4.78 is 0. The summed E-state index contributed by atoms with van der Waals surface area (Å²) in [4.78, 5) is 0. The molecule has 0 radical (unpaired) electrons. The van der Waals surface area contributed by atoms with Crippen molar-refractivity contribution in [3.8, 4) is 0 Å². The molecule has 0 aromatic carbocycles. The lowest BCUT2D eigenvalue weighted by molar-refractivity contribution is 0.113. The zero-order valence-corrected chi connectivity index (χ0v) is 10.9. The summed E-state index contributed by atoms with van der Waals surface area (Å²) in [5.41, 5.74) is 0. The van der Waals surface area contributed by atoms with Crippen LogP contribution < -0.4 is 5.32 Å². The van der Waals surface area contributed by atoms with Crippen molar-refractivity contribution in [3.63, 3.8) is 0 Å². The van der Waals surface area contributed by atoms with E-state index >= 15 is 0 Å². The van der Waals surface area contributed by atoms with Gasteiger partial charge in [0, 0.05) is 17.0 Å². The lowest BCUT2D eigenvalue weighted by Crippen LogP contribution is -2.36. The van der Waals surface area contributed by atoms with Gasteiger partial charge in [0.25, 0.3) is 0 Å². The third kappa shape index (κ3) is 6.40. The molecular formula is C11H25NO2S. The highest BCUT2D eigenvalue weighted by molar-refractivity contribution is 8.00. The number of hydrogen-bond acceptors (Lipinski definition) is 4. The Morgan fingerprint density at radius 2 is 2.00 bits per heavy atom. The lowest BCUT2D eigenvalue weighted by atomic mass is 10.1. The molecule has 0 saturated carbocycles. The first-order valence-electron chi connectivity index (χ1n) is 5.77. The predicted octanol–water partition coefficient (Wildman–Crippen LogP) is 1.24. The smallest absolute Gasteiger partial charge is 0.0861 e. The van der Waals surface area contributed by atoms with Crippen molar-refractivity contribution >= 4 is 11.8 Å². The minimum absolute atomic E-state index is 0.137. The van der Waals surface area contributed by atoms with Gasteiger partial charge in [-0.15, -0.1) is 0 Å². The molecule has 3 N–H and O–H groups in total. The molecule has 0 aromatic heterocycles. The van der Waals surface area contributed by atoms with Gasteiger partial charge in [-0.05, 0) is 19.9 Å². The third-order valence-electron chi connectivity index (χ3n) is 2.54. The molecule has 0 heterocycles. The number of hydrogen-bond donors (Lipinski definition) is 3. The molecule has 0 fully saturated rings. The summed E-state index contributed by atoms with van der Waals surface area (Å²) in [5.74, 6) is 0.622. The van der Waals surface area contributed by atoms with Gasteiger partial charge in [0.1, 0.15) is 0 Å². The van der Waals surface area contributed by atoms with Crippen molar-refractivity contribution < 1.29 is 10.2 Å². The molecular weight excluding hydrogens is 210 g/mol. The van der Waals surface area contributed by atoms with E-state index < -0.39 is 6.10 Å². The normalized spacial score (nSPS) is 17.4. The molecule has 0 saturated heterocycles. The van der Waals surface area contributed by atoms with Gasteiger partial charge in [0.15, 0.2) is 0 Å². The first kappa shape index (κ1) is 15.2. The quantitative estimate of drug-likeness (QED) is 0.563. The van der Waals surface area contributed by atoms with E-state index in [1.807, 2.05) is 7.05 Å². The summed E-state index contributed by atoms with van der Waals surface area (Å²) in [6.45, 7) is 4.22. The van der Waals surface area contributed by atoms with Gasteiger partial charge in [-0.1, -0.05) is 20.3 Å². The van der Waals surface area contributed by atoms with Crippen LogP contribution in [0.4, 0.5) is 0 Å². The SMILES string of the molecule is CCCC(NC)C(CC)SCC(O)CO. The maximum atomic E-state index is 9.30. The Bertz CT molecular complexity index is 147. The molecule has 4 heteroatoms. The second-order valence-electron chi connectivity index (χ2n) is 3.80. The highest BCUT2D eigenvalue weighted by atomic mass is 32.2. The van der Waals surface area contributed by atoms with Gasteiger partial charge >= 0.3 is 0 Å². The summed E-state index contributed by atoms with van der Waals surface area (Å²) >= 11 is 1.75. The third-order valence-corrected chi connectivity index (χ3v) is 4.20. The molecule has 0 rings (SSSR count). The monoisotopic (exact) mass is 235 g/mol. The molecule has 0 aliphatic heterocycles. The minimum atomic E-state index is -0.580. The lowest BCUT2D eigenvalue weighted by Gasteiger charge is -2.25. The van der Waals surface area contributed by atoms with E-state index in [9.17, 15) is 5.11 Å². The van der Waals surface area contributed by atoms with Crippen LogP contribution in [0.1, 0.15) is 33.1 Å². The fraction of sp³-hybridized carbons (Fsp3) is 1.00. The summed E-state index contributed by atoms with van der Waals surface area (Å²) in [6.07, 6.45) is 2.85. The zero-order valence-electron chi connectivity index (χ0n) is 10.1. The van der Waals surface area contributed by atoms with Gasteiger partial charge in [-0.3, -0.25) is 0 Å². The number of thioether (sulfide) groups is 1. The van der Waals surface area contributed by atoms with Crippen molar-refractivity contribution in [1.82, 2.24) is 5.32 Å². The number of aliphatic hydroxyl groups excluding tert-OH is 2. The molecule has 0 aromatic rings. The van der Waals surface area contributed by atoms with E-state index in [1.54, 1.807) is 11.8 Å². The summed E-state index contributed by atoms with van der Waals surface area (Å²) in [7, 11) is 1.99. The van der Waals surface area contributed by atoms with Crippen LogP contribution in [0.15, 0.2) is 0 Å². The Balaban J connectivity index is 3.97. The second kappa shape index (κ2) is 9.46. The van der Waals surface area contributed by atoms with Crippen molar-refractivity contribution in [3.05, 3.63) is 0 Å². The molecule has 0 bridgehead atoms. The van der Waals surface area contributed by atoms with Crippen LogP contribution in [0.2, 0.25) is 0 Å². The van der Waals surface area contributed by atoms with Crippen LogP contribution in [0.25, 0.3) is 0 Å². The van der Waals surface area contributed by atoms with Crippen molar-refractivity contribution in [2.45, 2.75) is 50.5 Å². The highest BCUT2D eigenvalue weighted by Gasteiger charge is 2.18. The molecule has 3 nitrogen and oxygen atoms in total. The maximum absolute atomic E-state index is 9.30. The number of aliphatic hydroxyl groups is 2. The fourth-order valence-electron chi connectivity index (χ4n) is 1.63. The molecule has 15 heavy (non-hydrogen) atoms. The van der Waals surface area contributed by atoms with Gasteiger partial charge < -0.3 is 15.5 Å². The van der Waals surface area contributed by atoms with Crippen LogP contribution in [0.3, 0.4) is 0 Å². The van der Waals surface area contributed by atoms with E-state index in [4.69, 9.17) is 5.11 Å². The van der Waals surface area contributed by atoms with Gasteiger partial charge in [0.2, 0.25) is 0 Å². The van der Waals surface area contributed by atoms with Crippen LogP contribution in [-0.2, 0) is 0 Å². The van der Waals surface area contributed by atoms with Crippen LogP contribution in [0, 0.1) is 0 Å². The van der Waals surface area contributed by atoms with Gasteiger partial charge in [-0.25, -0.2) is 0 Å². The largest absolute Gasteiger partial charge is 0.394 e. The fourth-order valence-corrected chi connectivity index (χ4v) is 2.95.